The lowest BCUT2D eigenvalue weighted by Crippen LogP contribution is -2.36. The number of aliphatic hydroxyl groups is 1. The molecular weight excluding hydrogens is 162 g/mol. The molecule has 1 saturated carbocycles. The Kier molecular flexibility index (Phi) is 4.74. The smallest absolute Gasteiger partial charge is 0.0664 e. The zero-order valence-corrected chi connectivity index (χ0v) is 8.92. The lowest BCUT2D eigenvalue weighted by Gasteiger charge is -2.18. The molecule has 2 unspecified atom stereocenters. The molecule has 0 aromatic carbocycles. The van der Waals surface area contributed by atoms with Crippen molar-refractivity contribution < 1.29 is 5.11 Å². The first-order valence-electron chi connectivity index (χ1n) is 5.69. The SMILES string of the molecule is CCCC(O)CNC(CC)C1CC1. The number of hydrogen-bond acceptors (Lipinski definition) is 2. The van der Waals surface area contributed by atoms with Crippen LogP contribution in [-0.2, 0) is 0 Å². The zero-order chi connectivity index (χ0) is 9.68. The minimum atomic E-state index is -0.141. The van der Waals surface area contributed by atoms with E-state index in [2.05, 4.69) is 19.2 Å². The van der Waals surface area contributed by atoms with Gasteiger partial charge in [0, 0.05) is 12.6 Å². The van der Waals surface area contributed by atoms with E-state index in [1.807, 2.05) is 0 Å². The molecule has 0 bridgehead atoms. The van der Waals surface area contributed by atoms with E-state index >= 15 is 0 Å². The fourth-order valence-corrected chi connectivity index (χ4v) is 1.87. The van der Waals surface area contributed by atoms with E-state index in [9.17, 15) is 5.11 Å². The van der Waals surface area contributed by atoms with Crippen LogP contribution in [0.3, 0.4) is 0 Å². The maximum Gasteiger partial charge on any atom is 0.0664 e. The summed E-state index contributed by atoms with van der Waals surface area (Å²) < 4.78 is 0. The second kappa shape index (κ2) is 5.61. The molecule has 0 aromatic heterocycles. The largest absolute Gasteiger partial charge is 0.392 e. The average Bonchev–Trinajstić information content (AvgIpc) is 2.90. The van der Waals surface area contributed by atoms with Gasteiger partial charge in [0.25, 0.3) is 0 Å². The molecule has 1 aliphatic carbocycles. The first kappa shape index (κ1) is 11.0. The number of aliphatic hydroxyl groups excluding tert-OH is 1. The Labute approximate surface area is 81.7 Å². The number of hydrogen-bond donors (Lipinski definition) is 2. The van der Waals surface area contributed by atoms with Gasteiger partial charge in [-0.25, -0.2) is 0 Å². The maximum atomic E-state index is 9.53. The van der Waals surface area contributed by atoms with E-state index < -0.39 is 0 Å². The third-order valence-corrected chi connectivity index (χ3v) is 2.87. The molecule has 0 aromatic rings. The van der Waals surface area contributed by atoms with Crippen LogP contribution in [0, 0.1) is 5.92 Å². The van der Waals surface area contributed by atoms with Crippen molar-refractivity contribution in [2.75, 3.05) is 6.54 Å². The quantitative estimate of drug-likeness (QED) is 0.635. The zero-order valence-electron chi connectivity index (χ0n) is 8.92. The Morgan fingerprint density at radius 3 is 2.54 bits per heavy atom. The Morgan fingerprint density at radius 1 is 1.38 bits per heavy atom. The van der Waals surface area contributed by atoms with Crippen molar-refractivity contribution in [3.8, 4) is 0 Å². The molecule has 2 heteroatoms. The Hall–Kier alpha value is -0.0800. The predicted molar refractivity (Wildman–Crippen MR) is 55.7 cm³/mol. The topological polar surface area (TPSA) is 32.3 Å². The van der Waals surface area contributed by atoms with Crippen molar-refractivity contribution in [1.82, 2.24) is 5.32 Å². The molecule has 1 rings (SSSR count). The van der Waals surface area contributed by atoms with Gasteiger partial charge in [-0.1, -0.05) is 20.3 Å². The van der Waals surface area contributed by atoms with E-state index in [4.69, 9.17) is 0 Å². The van der Waals surface area contributed by atoms with E-state index in [1.165, 1.54) is 19.3 Å². The summed E-state index contributed by atoms with van der Waals surface area (Å²) in [4.78, 5) is 0. The molecule has 0 heterocycles. The Balaban J connectivity index is 2.07. The predicted octanol–water partition coefficient (Wildman–Crippen LogP) is 1.93. The van der Waals surface area contributed by atoms with Crippen LogP contribution in [0.4, 0.5) is 0 Å². The van der Waals surface area contributed by atoms with Crippen LogP contribution in [0.5, 0.6) is 0 Å². The summed E-state index contributed by atoms with van der Waals surface area (Å²) >= 11 is 0. The van der Waals surface area contributed by atoms with Gasteiger partial charge in [-0.05, 0) is 31.6 Å². The lowest BCUT2D eigenvalue weighted by atomic mass is 10.1. The summed E-state index contributed by atoms with van der Waals surface area (Å²) in [6.45, 7) is 5.12. The molecule has 0 saturated heterocycles. The van der Waals surface area contributed by atoms with E-state index in [-0.39, 0.29) is 6.10 Å². The second-order valence-corrected chi connectivity index (χ2v) is 4.20. The summed E-state index contributed by atoms with van der Waals surface area (Å²) in [5.74, 6) is 0.902. The normalized spacial score (nSPS) is 21.5. The van der Waals surface area contributed by atoms with Crippen LogP contribution in [0.15, 0.2) is 0 Å². The Bertz CT molecular complexity index is 134. The van der Waals surface area contributed by atoms with Crippen LogP contribution in [0.25, 0.3) is 0 Å². The summed E-state index contributed by atoms with van der Waals surface area (Å²) in [5, 5.41) is 13.0. The fourth-order valence-electron chi connectivity index (χ4n) is 1.87. The summed E-state index contributed by atoms with van der Waals surface area (Å²) in [5.41, 5.74) is 0. The molecule has 1 aliphatic rings. The Morgan fingerprint density at radius 2 is 2.08 bits per heavy atom. The molecule has 0 radical (unpaired) electrons. The van der Waals surface area contributed by atoms with Crippen LogP contribution in [-0.4, -0.2) is 23.8 Å². The standard InChI is InChI=1S/C11H23NO/c1-3-5-10(13)8-12-11(4-2)9-6-7-9/h9-13H,3-8H2,1-2H3. The number of rotatable bonds is 7. The van der Waals surface area contributed by atoms with E-state index in [0.29, 0.717) is 6.04 Å². The highest BCUT2D eigenvalue weighted by Crippen LogP contribution is 2.33. The van der Waals surface area contributed by atoms with Gasteiger partial charge in [-0.2, -0.15) is 0 Å². The second-order valence-electron chi connectivity index (χ2n) is 4.20. The first-order chi connectivity index (χ1) is 6.27. The molecule has 1 fully saturated rings. The van der Waals surface area contributed by atoms with Gasteiger partial charge in [0.2, 0.25) is 0 Å². The third kappa shape index (κ3) is 4.10. The minimum absolute atomic E-state index is 0.141. The van der Waals surface area contributed by atoms with Gasteiger partial charge in [-0.3, -0.25) is 0 Å². The molecule has 0 spiro atoms. The van der Waals surface area contributed by atoms with Crippen molar-refractivity contribution in [2.24, 2.45) is 5.92 Å². The highest BCUT2D eigenvalue weighted by atomic mass is 16.3. The van der Waals surface area contributed by atoms with Crippen molar-refractivity contribution >= 4 is 0 Å². The van der Waals surface area contributed by atoms with Crippen molar-refractivity contribution in [2.45, 2.75) is 58.1 Å². The van der Waals surface area contributed by atoms with Crippen molar-refractivity contribution in [3.63, 3.8) is 0 Å². The van der Waals surface area contributed by atoms with E-state index in [1.54, 1.807) is 0 Å². The summed E-state index contributed by atoms with van der Waals surface area (Å²) in [6.07, 6.45) is 5.82. The summed E-state index contributed by atoms with van der Waals surface area (Å²) in [7, 11) is 0. The molecular formula is C11H23NO. The van der Waals surface area contributed by atoms with Crippen LogP contribution < -0.4 is 5.32 Å². The fraction of sp³-hybridized carbons (Fsp3) is 1.00. The monoisotopic (exact) mass is 185 g/mol. The first-order valence-corrected chi connectivity index (χ1v) is 5.69. The van der Waals surface area contributed by atoms with Crippen molar-refractivity contribution in [3.05, 3.63) is 0 Å². The van der Waals surface area contributed by atoms with E-state index in [0.717, 1.165) is 25.3 Å². The highest BCUT2D eigenvalue weighted by molar-refractivity contribution is 4.85. The van der Waals surface area contributed by atoms with Gasteiger partial charge in [0.05, 0.1) is 6.10 Å². The minimum Gasteiger partial charge on any atom is -0.392 e. The van der Waals surface area contributed by atoms with Gasteiger partial charge < -0.3 is 10.4 Å². The van der Waals surface area contributed by atoms with Crippen LogP contribution >= 0.6 is 0 Å². The molecule has 0 amide bonds. The molecule has 2 N–H and O–H groups in total. The highest BCUT2D eigenvalue weighted by Gasteiger charge is 2.29. The maximum absolute atomic E-state index is 9.53. The average molecular weight is 185 g/mol. The summed E-state index contributed by atoms with van der Waals surface area (Å²) in [6, 6.07) is 0.659. The molecule has 78 valence electrons. The van der Waals surface area contributed by atoms with Gasteiger partial charge in [-0.15, -0.1) is 0 Å². The lowest BCUT2D eigenvalue weighted by molar-refractivity contribution is 0.154. The van der Waals surface area contributed by atoms with Gasteiger partial charge >= 0.3 is 0 Å². The molecule has 0 aliphatic heterocycles. The molecule has 2 atom stereocenters. The molecule has 2 nitrogen and oxygen atoms in total. The van der Waals surface area contributed by atoms with Crippen LogP contribution in [0.1, 0.15) is 46.0 Å². The third-order valence-electron chi connectivity index (χ3n) is 2.87. The van der Waals surface area contributed by atoms with Gasteiger partial charge in [0.15, 0.2) is 0 Å². The van der Waals surface area contributed by atoms with Gasteiger partial charge in [0.1, 0.15) is 0 Å². The van der Waals surface area contributed by atoms with Crippen molar-refractivity contribution in [1.29, 1.82) is 0 Å². The number of nitrogens with one attached hydrogen (secondary N) is 1. The van der Waals surface area contributed by atoms with Crippen LogP contribution in [0.2, 0.25) is 0 Å². The molecule has 13 heavy (non-hydrogen) atoms.